The van der Waals surface area contributed by atoms with Crippen LogP contribution in [-0.4, -0.2) is 25.1 Å². The fourth-order valence-corrected chi connectivity index (χ4v) is 2.80. The minimum absolute atomic E-state index is 0.0221. The Hall–Kier alpha value is -1.55. The van der Waals surface area contributed by atoms with E-state index in [1.807, 2.05) is 24.3 Å². The van der Waals surface area contributed by atoms with Gasteiger partial charge in [0.25, 0.3) is 5.91 Å². The Kier molecular flexibility index (Phi) is 6.54. The molecule has 4 nitrogen and oxygen atoms in total. The molecule has 2 rings (SSSR count). The lowest BCUT2D eigenvalue weighted by atomic mass is 10.1. The van der Waals surface area contributed by atoms with Gasteiger partial charge in [-0.15, -0.1) is 0 Å². The lowest BCUT2D eigenvalue weighted by Crippen LogP contribution is -2.37. The van der Waals surface area contributed by atoms with Crippen LogP contribution < -0.4 is 15.8 Å². The minimum atomic E-state index is -0.0221. The Morgan fingerprint density at radius 1 is 1.24 bits per heavy atom. The zero-order valence-corrected chi connectivity index (χ0v) is 12.6. The number of carbonyl (C=O) groups excluding carboxylic acids is 1. The van der Waals surface area contributed by atoms with Crippen LogP contribution >= 0.6 is 0 Å². The van der Waals surface area contributed by atoms with Gasteiger partial charge in [-0.3, -0.25) is 4.79 Å². The predicted molar refractivity (Wildman–Crippen MR) is 84.3 cm³/mol. The van der Waals surface area contributed by atoms with E-state index in [-0.39, 0.29) is 12.5 Å². The van der Waals surface area contributed by atoms with Crippen LogP contribution in [0.3, 0.4) is 0 Å². The van der Waals surface area contributed by atoms with Crippen LogP contribution in [0.2, 0.25) is 0 Å². The van der Waals surface area contributed by atoms with Gasteiger partial charge in [0.15, 0.2) is 6.61 Å². The van der Waals surface area contributed by atoms with Gasteiger partial charge in [-0.05, 0) is 43.5 Å². The molecule has 1 amide bonds. The Morgan fingerprint density at radius 3 is 2.71 bits per heavy atom. The van der Waals surface area contributed by atoms with Crippen LogP contribution in [-0.2, 0) is 11.2 Å². The monoisotopic (exact) mass is 290 g/mol. The summed E-state index contributed by atoms with van der Waals surface area (Å²) in [6.45, 7) is 0.703. The summed E-state index contributed by atoms with van der Waals surface area (Å²) < 4.78 is 5.57. The van der Waals surface area contributed by atoms with E-state index in [9.17, 15) is 4.79 Å². The van der Waals surface area contributed by atoms with Crippen LogP contribution in [0.25, 0.3) is 0 Å². The Balaban J connectivity index is 1.76. The highest BCUT2D eigenvalue weighted by Gasteiger charge is 2.14. The van der Waals surface area contributed by atoms with Crippen molar-refractivity contribution in [1.29, 1.82) is 0 Å². The van der Waals surface area contributed by atoms with Gasteiger partial charge in [-0.25, -0.2) is 0 Å². The zero-order chi connectivity index (χ0) is 14.9. The summed E-state index contributed by atoms with van der Waals surface area (Å²) in [7, 11) is 0. The molecule has 116 valence electrons. The van der Waals surface area contributed by atoms with Crippen LogP contribution in [0.5, 0.6) is 5.75 Å². The van der Waals surface area contributed by atoms with E-state index in [4.69, 9.17) is 10.5 Å². The van der Waals surface area contributed by atoms with Crippen molar-refractivity contribution in [2.24, 2.45) is 5.73 Å². The van der Waals surface area contributed by atoms with Gasteiger partial charge in [-0.2, -0.15) is 0 Å². The lowest BCUT2D eigenvalue weighted by molar-refractivity contribution is -0.123. The van der Waals surface area contributed by atoms with Crippen LogP contribution in [0.15, 0.2) is 24.3 Å². The van der Waals surface area contributed by atoms with E-state index in [1.54, 1.807) is 0 Å². The molecular formula is C17H26N2O2. The minimum Gasteiger partial charge on any atom is -0.484 e. The van der Waals surface area contributed by atoms with Crippen molar-refractivity contribution in [3.63, 3.8) is 0 Å². The first-order chi connectivity index (χ1) is 10.3. The van der Waals surface area contributed by atoms with Crippen molar-refractivity contribution in [2.45, 2.75) is 51.0 Å². The first-order valence-corrected chi connectivity index (χ1v) is 7.99. The molecule has 1 fully saturated rings. The smallest absolute Gasteiger partial charge is 0.258 e. The van der Waals surface area contributed by atoms with Crippen LogP contribution in [0, 0.1) is 0 Å². The van der Waals surface area contributed by atoms with Crippen molar-refractivity contribution in [1.82, 2.24) is 5.32 Å². The molecule has 0 heterocycles. The Morgan fingerprint density at radius 2 is 2.00 bits per heavy atom. The maximum absolute atomic E-state index is 12.0. The molecule has 0 saturated heterocycles. The summed E-state index contributed by atoms with van der Waals surface area (Å²) in [5.41, 5.74) is 6.68. The second-order valence-electron chi connectivity index (χ2n) is 5.73. The fourth-order valence-electron chi connectivity index (χ4n) is 2.80. The third-order valence-electron chi connectivity index (χ3n) is 3.92. The van der Waals surface area contributed by atoms with Crippen molar-refractivity contribution in [2.75, 3.05) is 13.2 Å². The van der Waals surface area contributed by atoms with Gasteiger partial charge in [0.2, 0.25) is 0 Å². The molecule has 1 aromatic carbocycles. The highest BCUT2D eigenvalue weighted by molar-refractivity contribution is 5.77. The summed E-state index contributed by atoms with van der Waals surface area (Å²) >= 11 is 0. The summed E-state index contributed by atoms with van der Waals surface area (Å²) in [4.78, 5) is 12.0. The van der Waals surface area contributed by atoms with E-state index in [0.29, 0.717) is 12.6 Å². The lowest BCUT2D eigenvalue weighted by Gasteiger charge is -2.16. The molecule has 0 radical (unpaired) electrons. The molecule has 0 aromatic heterocycles. The molecule has 0 bridgehead atoms. The van der Waals surface area contributed by atoms with Gasteiger partial charge in [0.05, 0.1) is 0 Å². The first kappa shape index (κ1) is 15.8. The SMILES string of the molecule is NCCc1cccc(OCC(=O)NC2CCCCCC2)c1. The molecule has 0 spiro atoms. The number of nitrogens with one attached hydrogen (secondary N) is 1. The maximum atomic E-state index is 12.0. The van der Waals surface area contributed by atoms with E-state index < -0.39 is 0 Å². The van der Waals surface area contributed by atoms with Crippen LogP contribution in [0.1, 0.15) is 44.1 Å². The summed E-state index contributed by atoms with van der Waals surface area (Å²) in [6, 6.07) is 8.10. The highest BCUT2D eigenvalue weighted by Crippen LogP contribution is 2.17. The fraction of sp³-hybridized carbons (Fsp3) is 0.588. The number of amides is 1. The van der Waals surface area contributed by atoms with Gasteiger partial charge in [-0.1, -0.05) is 37.8 Å². The van der Waals surface area contributed by atoms with Gasteiger partial charge in [0.1, 0.15) is 5.75 Å². The molecule has 4 heteroatoms. The Bertz CT molecular complexity index is 440. The number of benzene rings is 1. The second kappa shape index (κ2) is 8.67. The molecule has 1 aliphatic carbocycles. The average molecular weight is 290 g/mol. The largest absolute Gasteiger partial charge is 0.484 e. The summed E-state index contributed by atoms with van der Waals surface area (Å²) in [6.07, 6.45) is 8.02. The standard InChI is InChI=1S/C17H26N2O2/c18-11-10-14-6-5-9-16(12-14)21-13-17(20)19-15-7-3-1-2-4-8-15/h5-6,9,12,15H,1-4,7-8,10-11,13,18H2,(H,19,20). The molecule has 1 aromatic rings. The molecule has 0 aliphatic heterocycles. The number of carbonyl (C=O) groups is 1. The second-order valence-corrected chi connectivity index (χ2v) is 5.73. The highest BCUT2D eigenvalue weighted by atomic mass is 16.5. The first-order valence-electron chi connectivity index (χ1n) is 7.99. The number of rotatable bonds is 6. The molecule has 1 aliphatic rings. The Labute approximate surface area is 127 Å². The van der Waals surface area contributed by atoms with E-state index in [1.165, 1.54) is 25.7 Å². The third kappa shape index (κ3) is 5.76. The van der Waals surface area contributed by atoms with Gasteiger partial charge in [0, 0.05) is 6.04 Å². The molecule has 0 atom stereocenters. The van der Waals surface area contributed by atoms with Crippen molar-refractivity contribution >= 4 is 5.91 Å². The van der Waals surface area contributed by atoms with Crippen molar-refractivity contribution < 1.29 is 9.53 Å². The summed E-state index contributed by atoms with van der Waals surface area (Å²) in [5.74, 6) is 0.711. The van der Waals surface area contributed by atoms with E-state index >= 15 is 0 Å². The molecule has 21 heavy (non-hydrogen) atoms. The number of hydrogen-bond donors (Lipinski definition) is 2. The average Bonchev–Trinajstić information content (AvgIpc) is 2.75. The quantitative estimate of drug-likeness (QED) is 0.791. The van der Waals surface area contributed by atoms with E-state index in [2.05, 4.69) is 5.32 Å². The topological polar surface area (TPSA) is 64.3 Å². The predicted octanol–water partition coefficient (Wildman–Crippen LogP) is 2.41. The summed E-state index contributed by atoms with van der Waals surface area (Å²) in [5, 5.41) is 3.08. The third-order valence-corrected chi connectivity index (χ3v) is 3.92. The molecule has 3 N–H and O–H groups in total. The van der Waals surface area contributed by atoms with Crippen LogP contribution in [0.4, 0.5) is 0 Å². The number of ether oxygens (including phenoxy) is 1. The number of hydrogen-bond acceptors (Lipinski definition) is 3. The van der Waals surface area contributed by atoms with E-state index in [0.717, 1.165) is 30.6 Å². The molecule has 1 saturated carbocycles. The molecular weight excluding hydrogens is 264 g/mol. The van der Waals surface area contributed by atoms with Gasteiger partial charge >= 0.3 is 0 Å². The number of nitrogens with two attached hydrogens (primary N) is 1. The maximum Gasteiger partial charge on any atom is 0.258 e. The normalized spacial score (nSPS) is 16.2. The van der Waals surface area contributed by atoms with Crippen molar-refractivity contribution in [3.8, 4) is 5.75 Å². The van der Waals surface area contributed by atoms with Crippen molar-refractivity contribution in [3.05, 3.63) is 29.8 Å². The zero-order valence-electron chi connectivity index (χ0n) is 12.6. The van der Waals surface area contributed by atoms with Gasteiger partial charge < -0.3 is 15.8 Å². The molecule has 0 unspecified atom stereocenters.